The van der Waals surface area contributed by atoms with E-state index in [9.17, 15) is 0 Å². The monoisotopic (exact) mass is 316 g/mol. The molecule has 0 radical (unpaired) electrons. The van der Waals surface area contributed by atoms with E-state index < -0.39 is 0 Å². The molecule has 0 aliphatic rings. The van der Waals surface area contributed by atoms with E-state index in [1.165, 1.54) is 11.8 Å². The average molecular weight is 317 g/mol. The normalized spacial score (nSPS) is 10.7. The molecule has 21 heavy (non-hydrogen) atoms. The molecule has 0 saturated carbocycles. The number of pyridine rings is 1. The van der Waals surface area contributed by atoms with Crippen LogP contribution in [0, 0.1) is 6.57 Å². The van der Waals surface area contributed by atoms with Gasteiger partial charge in [-0.1, -0.05) is 29.8 Å². The van der Waals surface area contributed by atoms with Crippen molar-refractivity contribution < 1.29 is 0 Å². The minimum Gasteiger partial charge on any atom is -0.384 e. The molecule has 1 aromatic carbocycles. The van der Waals surface area contributed by atoms with Crippen LogP contribution >= 0.6 is 23.4 Å². The average Bonchev–Trinajstić information content (AvgIpc) is 2.94. The van der Waals surface area contributed by atoms with Crippen LogP contribution in [0.15, 0.2) is 29.2 Å². The van der Waals surface area contributed by atoms with Crippen molar-refractivity contribution in [3.8, 4) is 0 Å². The Balaban J connectivity index is 1.90. The number of halogens is 1. The molecule has 2 aromatic heterocycles. The van der Waals surface area contributed by atoms with Gasteiger partial charge in [0.1, 0.15) is 11.3 Å². The van der Waals surface area contributed by atoms with Crippen LogP contribution in [-0.4, -0.2) is 20.4 Å². The lowest BCUT2D eigenvalue weighted by molar-refractivity contribution is 0.953. The molecule has 0 unspecified atom stereocenters. The van der Waals surface area contributed by atoms with Gasteiger partial charge in [-0.2, -0.15) is 10.3 Å². The molecule has 0 aliphatic heterocycles. The predicted molar refractivity (Wildman–Crippen MR) is 83.4 cm³/mol. The third kappa shape index (κ3) is 2.77. The Morgan fingerprint density at radius 3 is 3.00 bits per heavy atom. The van der Waals surface area contributed by atoms with Gasteiger partial charge in [-0.3, -0.25) is 0 Å². The van der Waals surface area contributed by atoms with Crippen LogP contribution in [0.3, 0.4) is 0 Å². The molecule has 0 fully saturated rings. The highest BCUT2D eigenvalue weighted by molar-refractivity contribution is 7.98. The van der Waals surface area contributed by atoms with Crippen molar-refractivity contribution in [2.45, 2.75) is 10.6 Å². The molecule has 0 atom stereocenters. The first-order valence-corrected chi connectivity index (χ1v) is 7.29. The fourth-order valence-corrected chi connectivity index (χ4v) is 3.12. The predicted octanol–water partition coefficient (Wildman–Crippen LogP) is 3.43. The van der Waals surface area contributed by atoms with Crippen LogP contribution in [-0.2, 0) is 5.75 Å². The Labute approximate surface area is 129 Å². The molecule has 3 rings (SSSR count). The molecular weight excluding hydrogens is 308 g/mol. The van der Waals surface area contributed by atoms with Crippen LogP contribution in [0.1, 0.15) is 5.56 Å². The number of aromatic nitrogens is 4. The molecule has 0 saturated heterocycles. The standard InChI is InChI=1S/C13H9ClN6S/c1-16-8-2-3-9(14)7(4-8)6-21-10-5-11(15)17-13-12(10)18-20-19-13/h2-5H,6H2,(H3,15,17,18,19,20). The summed E-state index contributed by atoms with van der Waals surface area (Å²) in [7, 11) is 0. The quantitative estimate of drug-likeness (QED) is 0.571. The summed E-state index contributed by atoms with van der Waals surface area (Å²) in [5.41, 5.74) is 8.37. The van der Waals surface area contributed by atoms with Gasteiger partial charge >= 0.3 is 0 Å². The zero-order valence-electron chi connectivity index (χ0n) is 10.7. The number of hydrogen-bond acceptors (Lipinski definition) is 5. The molecule has 0 bridgehead atoms. The van der Waals surface area contributed by atoms with E-state index in [-0.39, 0.29) is 0 Å². The van der Waals surface area contributed by atoms with Crippen molar-refractivity contribution in [2.24, 2.45) is 0 Å². The van der Waals surface area contributed by atoms with Crippen molar-refractivity contribution in [1.29, 1.82) is 0 Å². The second kappa shape index (κ2) is 5.60. The van der Waals surface area contributed by atoms with Crippen LogP contribution in [0.2, 0.25) is 5.02 Å². The smallest absolute Gasteiger partial charge is 0.204 e. The van der Waals surface area contributed by atoms with Gasteiger partial charge in [-0.05, 0) is 11.6 Å². The second-order valence-electron chi connectivity index (χ2n) is 4.22. The maximum Gasteiger partial charge on any atom is 0.204 e. The molecule has 3 aromatic rings. The van der Waals surface area contributed by atoms with E-state index in [1.54, 1.807) is 24.3 Å². The third-order valence-electron chi connectivity index (χ3n) is 2.82. The summed E-state index contributed by atoms with van der Waals surface area (Å²) < 4.78 is 0. The summed E-state index contributed by atoms with van der Waals surface area (Å²) in [4.78, 5) is 8.37. The lowest BCUT2D eigenvalue weighted by atomic mass is 10.2. The van der Waals surface area contributed by atoms with Gasteiger partial charge in [0, 0.05) is 15.7 Å². The molecule has 104 valence electrons. The number of hydrogen-bond donors (Lipinski definition) is 2. The first kappa shape index (κ1) is 13.7. The topological polar surface area (TPSA) is 84.8 Å². The highest BCUT2D eigenvalue weighted by Gasteiger charge is 2.10. The highest BCUT2D eigenvalue weighted by Crippen LogP contribution is 2.32. The third-order valence-corrected chi connectivity index (χ3v) is 4.26. The summed E-state index contributed by atoms with van der Waals surface area (Å²) in [6.45, 7) is 7.05. The Hall–Kier alpha value is -2.30. The summed E-state index contributed by atoms with van der Waals surface area (Å²) in [5, 5.41) is 11.2. The van der Waals surface area contributed by atoms with E-state index in [0.29, 0.717) is 33.4 Å². The van der Waals surface area contributed by atoms with Crippen molar-refractivity contribution >= 4 is 46.0 Å². The number of rotatable bonds is 3. The summed E-state index contributed by atoms with van der Waals surface area (Å²) >= 11 is 7.69. The number of nitrogen functional groups attached to an aromatic ring is 1. The Morgan fingerprint density at radius 2 is 2.19 bits per heavy atom. The zero-order valence-corrected chi connectivity index (χ0v) is 12.2. The number of nitrogens with zero attached hydrogens (tertiary/aromatic N) is 4. The maximum absolute atomic E-state index is 7.05. The van der Waals surface area contributed by atoms with Crippen LogP contribution in [0.25, 0.3) is 16.0 Å². The highest BCUT2D eigenvalue weighted by atomic mass is 35.5. The number of anilines is 1. The molecule has 8 heteroatoms. The lowest BCUT2D eigenvalue weighted by Gasteiger charge is -2.06. The van der Waals surface area contributed by atoms with Gasteiger partial charge in [-0.15, -0.1) is 16.9 Å². The molecule has 2 heterocycles. The zero-order chi connectivity index (χ0) is 14.8. The minimum atomic E-state index is 0.389. The number of nitrogens with two attached hydrogens (primary N) is 1. The molecule has 0 spiro atoms. The SMILES string of the molecule is [C-]#[N+]c1ccc(Cl)c(CSc2cc(N)nc3n[nH]nc23)c1. The summed E-state index contributed by atoms with van der Waals surface area (Å²) in [6, 6.07) is 6.97. The minimum absolute atomic E-state index is 0.389. The summed E-state index contributed by atoms with van der Waals surface area (Å²) in [6.07, 6.45) is 0. The van der Waals surface area contributed by atoms with Gasteiger partial charge in [0.05, 0.1) is 6.57 Å². The van der Waals surface area contributed by atoms with Crippen molar-refractivity contribution in [2.75, 3.05) is 5.73 Å². The van der Waals surface area contributed by atoms with Gasteiger partial charge in [-0.25, -0.2) is 9.83 Å². The molecular formula is C13H9ClN6S. The van der Waals surface area contributed by atoms with Crippen LogP contribution in [0.4, 0.5) is 11.5 Å². The Bertz CT molecular complexity index is 853. The maximum atomic E-state index is 7.05. The van der Waals surface area contributed by atoms with Gasteiger partial charge < -0.3 is 5.73 Å². The summed E-state index contributed by atoms with van der Waals surface area (Å²) in [5.74, 6) is 0.994. The van der Waals surface area contributed by atoms with Gasteiger partial charge in [0.15, 0.2) is 5.69 Å². The Morgan fingerprint density at radius 1 is 1.33 bits per heavy atom. The van der Waals surface area contributed by atoms with Gasteiger partial charge in [0.25, 0.3) is 0 Å². The largest absolute Gasteiger partial charge is 0.384 e. The first-order chi connectivity index (χ1) is 10.2. The van der Waals surface area contributed by atoms with Crippen LogP contribution < -0.4 is 5.73 Å². The van der Waals surface area contributed by atoms with E-state index >= 15 is 0 Å². The fraction of sp³-hybridized carbons (Fsp3) is 0.0769. The number of fused-ring (bicyclic) bond motifs is 1. The molecule has 0 amide bonds. The number of aromatic amines is 1. The number of H-pyrrole nitrogens is 1. The van der Waals surface area contributed by atoms with Crippen molar-refractivity contribution in [3.63, 3.8) is 0 Å². The fourth-order valence-electron chi connectivity index (χ4n) is 1.83. The lowest BCUT2D eigenvalue weighted by Crippen LogP contribution is -1.92. The van der Waals surface area contributed by atoms with Crippen molar-refractivity contribution in [3.05, 3.63) is 46.3 Å². The second-order valence-corrected chi connectivity index (χ2v) is 5.64. The number of nitrogens with one attached hydrogen (secondary N) is 1. The van der Waals surface area contributed by atoms with Crippen LogP contribution in [0.5, 0.6) is 0 Å². The molecule has 0 aliphatic carbocycles. The van der Waals surface area contributed by atoms with Crippen molar-refractivity contribution in [1.82, 2.24) is 20.4 Å². The van der Waals surface area contributed by atoms with Gasteiger partial charge in [0.2, 0.25) is 5.65 Å². The molecule has 3 N–H and O–H groups in total. The number of thioether (sulfide) groups is 1. The van der Waals surface area contributed by atoms with E-state index in [0.717, 1.165) is 10.5 Å². The van der Waals surface area contributed by atoms with E-state index in [2.05, 4.69) is 25.2 Å². The first-order valence-electron chi connectivity index (χ1n) is 5.93. The Kier molecular flexibility index (Phi) is 3.64. The van der Waals surface area contributed by atoms with E-state index in [1.807, 2.05) is 0 Å². The number of benzene rings is 1. The molecule has 6 nitrogen and oxygen atoms in total. The van der Waals surface area contributed by atoms with E-state index in [4.69, 9.17) is 23.9 Å².